The van der Waals surface area contributed by atoms with E-state index in [1.54, 1.807) is 6.20 Å². The molecule has 11 heteroatoms. The van der Waals surface area contributed by atoms with Crippen molar-refractivity contribution in [3.63, 3.8) is 0 Å². The van der Waals surface area contributed by atoms with Gasteiger partial charge >= 0.3 is 0 Å². The molecule has 1 atom stereocenters. The predicted octanol–water partition coefficient (Wildman–Crippen LogP) is 4.06. The lowest BCUT2D eigenvalue weighted by molar-refractivity contribution is 0.323. The molecule has 8 nitrogen and oxygen atoms in total. The minimum Gasteiger partial charge on any atom is -0.437 e. The number of hydrogen-bond acceptors (Lipinski definition) is 7. The number of likely N-dealkylation sites (tertiary alicyclic amines) is 1. The van der Waals surface area contributed by atoms with Crippen LogP contribution in [0.3, 0.4) is 0 Å². The molecule has 1 aromatic carbocycles. The summed E-state index contributed by atoms with van der Waals surface area (Å²) in [4.78, 5) is 6.49. The van der Waals surface area contributed by atoms with Gasteiger partial charge in [-0.2, -0.15) is 0 Å². The molecule has 0 bridgehead atoms. The topological polar surface area (TPSA) is 90.2 Å². The molecule has 1 aliphatic heterocycles. The Morgan fingerprint density at radius 3 is 2.81 bits per heavy atom. The molecule has 32 heavy (non-hydrogen) atoms. The van der Waals surface area contributed by atoms with Crippen molar-refractivity contribution in [2.45, 2.75) is 37.6 Å². The molecule has 1 saturated heterocycles. The highest BCUT2D eigenvalue weighted by Gasteiger charge is 2.30. The van der Waals surface area contributed by atoms with Gasteiger partial charge < -0.3 is 4.74 Å². The largest absolute Gasteiger partial charge is 0.437 e. The number of aromatic nitrogens is 4. The number of halogens is 2. The third kappa shape index (κ3) is 4.64. The quantitative estimate of drug-likeness (QED) is 0.446. The summed E-state index contributed by atoms with van der Waals surface area (Å²) in [6.07, 6.45) is 5.96. The van der Waals surface area contributed by atoms with Crippen LogP contribution >= 0.6 is 27.5 Å². The maximum Gasteiger partial charge on any atom is 0.223 e. The van der Waals surface area contributed by atoms with Gasteiger partial charge in [0.05, 0.1) is 20.3 Å². The molecule has 0 spiro atoms. The normalized spacial score (nSPS) is 19.7. The Morgan fingerprint density at radius 2 is 2.09 bits per heavy atom. The van der Waals surface area contributed by atoms with Gasteiger partial charge in [0.2, 0.25) is 5.88 Å². The maximum absolute atomic E-state index is 11.9. The number of pyridine rings is 1. The van der Waals surface area contributed by atoms with Crippen LogP contribution in [0, 0.1) is 5.92 Å². The van der Waals surface area contributed by atoms with Crippen LogP contribution in [0.5, 0.6) is 11.6 Å². The van der Waals surface area contributed by atoms with Crippen LogP contribution < -0.4 is 4.74 Å². The number of nitrogens with zero attached hydrogens (tertiary/aromatic N) is 5. The fraction of sp³-hybridized carbons (Fsp3) is 0.476. The second-order valence-electron chi connectivity index (χ2n) is 8.66. The van der Waals surface area contributed by atoms with Gasteiger partial charge in [0.1, 0.15) is 11.3 Å². The number of rotatable bonds is 7. The van der Waals surface area contributed by atoms with Gasteiger partial charge in [0.15, 0.2) is 9.84 Å². The van der Waals surface area contributed by atoms with E-state index in [2.05, 4.69) is 36.1 Å². The average Bonchev–Trinajstić information content (AvgIpc) is 3.25. The van der Waals surface area contributed by atoms with Crippen molar-refractivity contribution in [3.8, 4) is 11.6 Å². The molecule has 2 fully saturated rings. The summed E-state index contributed by atoms with van der Waals surface area (Å²) in [5.41, 5.74) is 2.51. The molecular formula is C21H23BrClN5O3S. The minimum absolute atomic E-state index is 0.339. The van der Waals surface area contributed by atoms with Crippen LogP contribution in [-0.4, -0.2) is 57.9 Å². The lowest BCUT2D eigenvalue weighted by Crippen LogP contribution is -2.26. The summed E-state index contributed by atoms with van der Waals surface area (Å²) < 4.78 is 32.6. The van der Waals surface area contributed by atoms with E-state index >= 15 is 0 Å². The highest BCUT2D eigenvalue weighted by Crippen LogP contribution is 2.37. The summed E-state index contributed by atoms with van der Waals surface area (Å²) >= 11 is 9.82. The Hall–Kier alpha value is -1.75. The number of ether oxygens (including phenoxy) is 1. The van der Waals surface area contributed by atoms with E-state index in [0.29, 0.717) is 48.6 Å². The van der Waals surface area contributed by atoms with E-state index in [9.17, 15) is 8.42 Å². The molecule has 1 saturated carbocycles. The van der Waals surface area contributed by atoms with Crippen molar-refractivity contribution in [3.05, 3.63) is 39.5 Å². The molecule has 3 aromatic rings. The first-order chi connectivity index (χ1) is 15.3. The Kier molecular flexibility index (Phi) is 5.90. The van der Waals surface area contributed by atoms with Crippen molar-refractivity contribution in [2.75, 3.05) is 19.3 Å². The Bertz CT molecular complexity index is 1280. The molecule has 1 unspecified atom stereocenters. The van der Waals surface area contributed by atoms with Crippen LogP contribution in [0.4, 0.5) is 0 Å². The van der Waals surface area contributed by atoms with Crippen LogP contribution in [0.25, 0.3) is 11.0 Å². The molecule has 0 radical (unpaired) electrons. The van der Waals surface area contributed by atoms with Crippen LogP contribution in [-0.2, 0) is 22.9 Å². The van der Waals surface area contributed by atoms with Gasteiger partial charge in [-0.1, -0.05) is 16.8 Å². The van der Waals surface area contributed by atoms with Gasteiger partial charge in [-0.3, -0.25) is 4.90 Å². The summed E-state index contributed by atoms with van der Waals surface area (Å²) in [7, 11) is -3.06. The summed E-state index contributed by atoms with van der Waals surface area (Å²) in [6.45, 7) is 2.58. The van der Waals surface area contributed by atoms with Crippen LogP contribution in [0.2, 0.25) is 5.02 Å². The molecule has 0 amide bonds. The van der Waals surface area contributed by atoms with Crippen molar-refractivity contribution in [1.82, 2.24) is 24.9 Å². The Labute approximate surface area is 199 Å². The number of hydrogen-bond donors (Lipinski definition) is 0. The first kappa shape index (κ1) is 22.1. The van der Waals surface area contributed by atoms with E-state index in [1.807, 2.05) is 22.9 Å². The van der Waals surface area contributed by atoms with Crippen molar-refractivity contribution < 1.29 is 13.2 Å². The molecule has 2 aromatic heterocycles. The first-order valence-electron chi connectivity index (χ1n) is 10.5. The molecule has 1 aliphatic carbocycles. The van der Waals surface area contributed by atoms with Crippen molar-refractivity contribution in [2.24, 2.45) is 5.92 Å². The number of sulfone groups is 1. The fourth-order valence-electron chi connectivity index (χ4n) is 4.05. The Morgan fingerprint density at radius 1 is 1.28 bits per heavy atom. The zero-order valence-corrected chi connectivity index (χ0v) is 20.7. The van der Waals surface area contributed by atoms with E-state index in [0.717, 1.165) is 27.6 Å². The molecule has 5 rings (SSSR count). The van der Waals surface area contributed by atoms with Gasteiger partial charge in [0.25, 0.3) is 0 Å². The summed E-state index contributed by atoms with van der Waals surface area (Å²) in [6, 6.07) is 5.66. The van der Waals surface area contributed by atoms with Crippen molar-refractivity contribution >= 4 is 48.4 Å². The standard InChI is InChI=1S/C21H23BrClN5O3S/c1-32(29,30)16-6-7-27(12-16)11-14-8-15(23)9-24-21(14)31-18-5-4-17-20(19(18)22)25-26-28(17)10-13-2-3-13/h4-5,8-9,13,16H,2-3,6-7,10-12H2,1H3. The maximum atomic E-state index is 11.9. The SMILES string of the molecule is CS(=O)(=O)C1CCN(Cc2cc(Cl)cnc2Oc2ccc3c(nnn3CC3CC3)c2Br)C1. The highest BCUT2D eigenvalue weighted by molar-refractivity contribution is 9.10. The monoisotopic (exact) mass is 539 g/mol. The first-order valence-corrected chi connectivity index (χ1v) is 13.7. The lowest BCUT2D eigenvalue weighted by Gasteiger charge is -2.18. The highest BCUT2D eigenvalue weighted by atomic mass is 79.9. The van der Waals surface area contributed by atoms with E-state index in [4.69, 9.17) is 16.3 Å². The van der Waals surface area contributed by atoms with E-state index in [1.165, 1.54) is 19.1 Å². The zero-order chi connectivity index (χ0) is 22.5. The second-order valence-corrected chi connectivity index (χ2v) is 12.2. The van der Waals surface area contributed by atoms with Gasteiger partial charge in [-0.25, -0.2) is 18.1 Å². The van der Waals surface area contributed by atoms with Gasteiger partial charge in [0, 0.05) is 37.7 Å². The number of fused-ring (bicyclic) bond motifs is 1. The number of benzene rings is 1. The third-order valence-corrected chi connectivity index (χ3v) is 8.61. The minimum atomic E-state index is -3.06. The van der Waals surface area contributed by atoms with Crippen LogP contribution in [0.15, 0.2) is 28.9 Å². The molecule has 2 aliphatic rings. The summed E-state index contributed by atoms with van der Waals surface area (Å²) in [5.74, 6) is 1.72. The van der Waals surface area contributed by atoms with Gasteiger partial charge in [-0.15, -0.1) is 5.10 Å². The van der Waals surface area contributed by atoms with Gasteiger partial charge in [-0.05, 0) is 65.9 Å². The van der Waals surface area contributed by atoms with E-state index < -0.39 is 9.84 Å². The lowest BCUT2D eigenvalue weighted by atomic mass is 10.2. The zero-order valence-electron chi connectivity index (χ0n) is 17.5. The predicted molar refractivity (Wildman–Crippen MR) is 126 cm³/mol. The summed E-state index contributed by atoms with van der Waals surface area (Å²) in [5, 5.41) is 8.80. The molecule has 170 valence electrons. The Balaban J connectivity index is 1.38. The average molecular weight is 541 g/mol. The molecular weight excluding hydrogens is 518 g/mol. The molecule has 3 heterocycles. The van der Waals surface area contributed by atoms with E-state index in [-0.39, 0.29) is 5.25 Å². The smallest absolute Gasteiger partial charge is 0.223 e. The van der Waals surface area contributed by atoms with Crippen molar-refractivity contribution in [1.29, 1.82) is 0 Å². The molecule has 0 N–H and O–H groups in total. The third-order valence-electron chi connectivity index (χ3n) is 6.05. The second kappa shape index (κ2) is 8.55. The van der Waals surface area contributed by atoms with Crippen LogP contribution in [0.1, 0.15) is 24.8 Å². The fourth-order valence-corrected chi connectivity index (χ4v) is 5.75.